The number of benzene rings is 1. The summed E-state index contributed by atoms with van der Waals surface area (Å²) < 4.78 is 5.25. The number of ether oxygens (including phenoxy) is 1. The van der Waals surface area contributed by atoms with Crippen molar-refractivity contribution in [1.29, 1.82) is 0 Å². The van der Waals surface area contributed by atoms with Crippen LogP contribution in [0, 0.1) is 0 Å². The Kier molecular flexibility index (Phi) is 4.80. The molecule has 1 amide bonds. The van der Waals surface area contributed by atoms with Crippen molar-refractivity contribution in [3.8, 4) is 5.75 Å². The fourth-order valence-corrected chi connectivity index (χ4v) is 2.54. The Balaban J connectivity index is 2.00. The first-order valence-corrected chi connectivity index (χ1v) is 6.88. The third kappa shape index (κ3) is 4.46. The number of carboxylic acids is 1. The number of aromatic hydroxyl groups is 1. The van der Waals surface area contributed by atoms with Gasteiger partial charge in [0.2, 0.25) is 5.91 Å². The number of carboxylic acid groups (broad SMARTS) is 1. The van der Waals surface area contributed by atoms with E-state index in [1.54, 1.807) is 12.1 Å². The number of rotatable bonds is 5. The van der Waals surface area contributed by atoms with E-state index in [2.05, 4.69) is 5.32 Å². The van der Waals surface area contributed by atoms with Crippen molar-refractivity contribution >= 4 is 11.9 Å². The van der Waals surface area contributed by atoms with Gasteiger partial charge in [-0.25, -0.2) is 0 Å². The number of nitrogens with one attached hydrogen (secondary N) is 1. The smallest absolute Gasteiger partial charge is 0.305 e. The maximum absolute atomic E-state index is 12.1. The van der Waals surface area contributed by atoms with E-state index in [0.717, 1.165) is 5.56 Å². The molecule has 3 N–H and O–H groups in total. The van der Waals surface area contributed by atoms with Crippen molar-refractivity contribution in [2.24, 2.45) is 0 Å². The summed E-state index contributed by atoms with van der Waals surface area (Å²) in [5.41, 5.74) is 0.0424. The number of phenolic OH excluding ortho intramolecular Hbond substituents is 1. The lowest BCUT2D eigenvalue weighted by Gasteiger charge is -2.36. The molecule has 1 fully saturated rings. The van der Waals surface area contributed by atoms with Gasteiger partial charge in [-0.15, -0.1) is 0 Å². The second-order valence-corrected chi connectivity index (χ2v) is 5.35. The van der Waals surface area contributed by atoms with E-state index in [-0.39, 0.29) is 24.5 Å². The highest BCUT2D eigenvalue weighted by Gasteiger charge is 2.36. The molecular weight excluding hydrogens is 274 g/mol. The molecule has 6 heteroatoms. The Morgan fingerprint density at radius 3 is 2.38 bits per heavy atom. The summed E-state index contributed by atoms with van der Waals surface area (Å²) in [6.45, 7) is 0.902. The first kappa shape index (κ1) is 15.3. The first-order chi connectivity index (χ1) is 9.99. The number of phenols is 1. The normalized spacial score (nSPS) is 17.1. The maximum Gasteiger partial charge on any atom is 0.305 e. The highest BCUT2D eigenvalue weighted by Crippen LogP contribution is 2.25. The zero-order valence-corrected chi connectivity index (χ0v) is 11.7. The molecule has 1 saturated heterocycles. The standard InChI is InChI=1S/C15H19NO5/c17-12-3-1-11(2-4-12)9-13(18)16-15(10-14(19)20)5-7-21-8-6-15/h1-4,17H,5-10H2,(H,16,18)(H,19,20). The van der Waals surface area contributed by atoms with Gasteiger partial charge >= 0.3 is 5.97 Å². The van der Waals surface area contributed by atoms with E-state index in [0.29, 0.717) is 26.1 Å². The SMILES string of the molecule is O=C(O)CC1(NC(=O)Cc2ccc(O)cc2)CCOCC1. The molecule has 0 spiro atoms. The molecular formula is C15H19NO5. The highest BCUT2D eigenvalue weighted by molar-refractivity contribution is 5.80. The fraction of sp³-hybridized carbons (Fsp3) is 0.467. The van der Waals surface area contributed by atoms with E-state index in [9.17, 15) is 14.7 Å². The van der Waals surface area contributed by atoms with Gasteiger partial charge < -0.3 is 20.3 Å². The Morgan fingerprint density at radius 1 is 1.19 bits per heavy atom. The molecule has 0 aromatic heterocycles. The topological polar surface area (TPSA) is 95.9 Å². The van der Waals surface area contributed by atoms with Gasteiger partial charge in [-0.3, -0.25) is 9.59 Å². The molecule has 1 aromatic carbocycles. The Hall–Kier alpha value is -2.08. The Bertz CT molecular complexity index is 505. The molecule has 1 aliphatic rings. The zero-order chi connectivity index (χ0) is 15.3. The number of amides is 1. The molecule has 0 unspecified atom stereocenters. The van der Waals surface area contributed by atoms with Gasteiger partial charge in [0.15, 0.2) is 0 Å². The van der Waals surface area contributed by atoms with Crippen molar-refractivity contribution in [2.45, 2.75) is 31.2 Å². The van der Waals surface area contributed by atoms with Crippen molar-refractivity contribution in [2.75, 3.05) is 13.2 Å². The number of aliphatic carboxylic acids is 1. The van der Waals surface area contributed by atoms with Crippen LogP contribution in [0.5, 0.6) is 5.75 Å². The third-order valence-electron chi connectivity index (χ3n) is 3.65. The monoisotopic (exact) mass is 293 g/mol. The fourth-order valence-electron chi connectivity index (χ4n) is 2.54. The number of hydrogen-bond acceptors (Lipinski definition) is 4. The van der Waals surface area contributed by atoms with Crippen molar-refractivity contribution in [3.63, 3.8) is 0 Å². The second-order valence-electron chi connectivity index (χ2n) is 5.35. The average Bonchev–Trinajstić information content (AvgIpc) is 2.41. The van der Waals surface area contributed by atoms with Gasteiger partial charge in [0.1, 0.15) is 5.75 Å². The van der Waals surface area contributed by atoms with Gasteiger partial charge in [0.05, 0.1) is 18.4 Å². The van der Waals surface area contributed by atoms with Crippen LogP contribution in [0.25, 0.3) is 0 Å². The third-order valence-corrected chi connectivity index (χ3v) is 3.65. The molecule has 1 aliphatic heterocycles. The van der Waals surface area contributed by atoms with Crippen molar-refractivity contribution < 1.29 is 24.5 Å². The summed E-state index contributed by atoms with van der Waals surface area (Å²) >= 11 is 0. The molecule has 114 valence electrons. The lowest BCUT2D eigenvalue weighted by Crippen LogP contribution is -2.53. The summed E-state index contributed by atoms with van der Waals surface area (Å²) in [6, 6.07) is 6.37. The molecule has 0 aliphatic carbocycles. The molecule has 0 radical (unpaired) electrons. The van der Waals surface area contributed by atoms with E-state index in [1.165, 1.54) is 12.1 Å². The largest absolute Gasteiger partial charge is 0.508 e. The van der Waals surface area contributed by atoms with Gasteiger partial charge in [0.25, 0.3) is 0 Å². The number of carbonyl (C=O) groups is 2. The van der Waals surface area contributed by atoms with E-state index in [4.69, 9.17) is 9.84 Å². The van der Waals surface area contributed by atoms with Crippen molar-refractivity contribution in [3.05, 3.63) is 29.8 Å². The number of carbonyl (C=O) groups excluding carboxylic acids is 1. The summed E-state index contributed by atoms with van der Waals surface area (Å²) in [7, 11) is 0. The van der Waals surface area contributed by atoms with Crippen LogP contribution in [0.15, 0.2) is 24.3 Å². The van der Waals surface area contributed by atoms with Crippen LogP contribution >= 0.6 is 0 Å². The van der Waals surface area contributed by atoms with Gasteiger partial charge in [-0.05, 0) is 30.5 Å². The number of hydrogen-bond donors (Lipinski definition) is 3. The van der Waals surface area contributed by atoms with Gasteiger partial charge in [0, 0.05) is 13.2 Å². The first-order valence-electron chi connectivity index (χ1n) is 6.88. The highest BCUT2D eigenvalue weighted by atomic mass is 16.5. The minimum absolute atomic E-state index is 0.0995. The van der Waals surface area contributed by atoms with E-state index in [1.807, 2.05) is 0 Å². The Labute approximate surface area is 122 Å². The summed E-state index contributed by atoms with van der Waals surface area (Å²) in [4.78, 5) is 23.2. The summed E-state index contributed by atoms with van der Waals surface area (Å²) in [5, 5.41) is 21.1. The van der Waals surface area contributed by atoms with Gasteiger partial charge in [-0.2, -0.15) is 0 Å². The second kappa shape index (κ2) is 6.58. The van der Waals surface area contributed by atoms with Crippen LogP contribution in [0.1, 0.15) is 24.8 Å². The molecule has 0 bridgehead atoms. The van der Waals surface area contributed by atoms with Gasteiger partial charge in [-0.1, -0.05) is 12.1 Å². The van der Waals surface area contributed by atoms with Crippen LogP contribution in [0.3, 0.4) is 0 Å². The summed E-state index contributed by atoms with van der Waals surface area (Å²) in [6.07, 6.45) is 1.06. The molecule has 21 heavy (non-hydrogen) atoms. The minimum Gasteiger partial charge on any atom is -0.508 e. The lowest BCUT2D eigenvalue weighted by molar-refractivity contribution is -0.140. The van der Waals surface area contributed by atoms with Crippen LogP contribution in [-0.4, -0.2) is 40.8 Å². The lowest BCUT2D eigenvalue weighted by atomic mass is 9.86. The van der Waals surface area contributed by atoms with Crippen LogP contribution < -0.4 is 5.32 Å². The van der Waals surface area contributed by atoms with Crippen LogP contribution in [0.2, 0.25) is 0 Å². The predicted octanol–water partition coefficient (Wildman–Crippen LogP) is 1.07. The molecule has 6 nitrogen and oxygen atoms in total. The predicted molar refractivity (Wildman–Crippen MR) is 75.0 cm³/mol. The molecule has 1 heterocycles. The van der Waals surface area contributed by atoms with Crippen LogP contribution in [-0.2, 0) is 20.7 Å². The zero-order valence-electron chi connectivity index (χ0n) is 11.7. The summed E-state index contributed by atoms with van der Waals surface area (Å²) in [5.74, 6) is -1.00. The molecule has 1 aromatic rings. The maximum atomic E-state index is 12.1. The Morgan fingerprint density at radius 2 is 1.81 bits per heavy atom. The van der Waals surface area contributed by atoms with Crippen LogP contribution in [0.4, 0.5) is 0 Å². The minimum atomic E-state index is -0.929. The van der Waals surface area contributed by atoms with E-state index < -0.39 is 11.5 Å². The average molecular weight is 293 g/mol. The quantitative estimate of drug-likeness (QED) is 0.755. The molecule has 2 rings (SSSR count). The van der Waals surface area contributed by atoms with Crippen molar-refractivity contribution in [1.82, 2.24) is 5.32 Å². The van der Waals surface area contributed by atoms with E-state index >= 15 is 0 Å². The molecule has 0 atom stereocenters. The molecule has 0 saturated carbocycles.